The summed E-state index contributed by atoms with van der Waals surface area (Å²) in [5, 5.41) is 102. The fourth-order valence-corrected chi connectivity index (χ4v) is 17.2. The summed E-state index contributed by atoms with van der Waals surface area (Å²) >= 11 is 0. The van der Waals surface area contributed by atoms with Gasteiger partial charge in [0.1, 0.15) is 92.6 Å². The van der Waals surface area contributed by atoms with Crippen molar-refractivity contribution < 1.29 is 122 Å². The van der Waals surface area contributed by atoms with Crippen molar-refractivity contribution in [3.8, 4) is 0 Å². The zero-order chi connectivity index (χ0) is 87.1. The van der Waals surface area contributed by atoms with E-state index in [2.05, 4.69) is 53.7 Å². The second kappa shape index (κ2) is 70.3. The fraction of sp³-hybridized carbons (Fsp3) is 0.935. The van der Waals surface area contributed by atoms with Crippen molar-refractivity contribution in [2.45, 2.75) is 518 Å². The quantitative estimate of drug-likeness (QED) is 0.00889. The van der Waals surface area contributed by atoms with Crippen molar-refractivity contribution in [1.82, 2.24) is 0 Å². The number of hydrogen-bond acceptors (Lipinski definition) is 24. The van der Waals surface area contributed by atoms with Gasteiger partial charge in [0, 0.05) is 25.7 Å². The molecule has 20 unspecified atom stereocenters. The van der Waals surface area contributed by atoms with E-state index in [-0.39, 0.29) is 25.7 Å². The van der Waals surface area contributed by atoms with Gasteiger partial charge < -0.3 is 88.7 Å². The molecule has 10 N–H and O–H groups in total. The Hall–Kier alpha value is -2.79. The fourth-order valence-electron chi connectivity index (χ4n) is 16.2. The Morgan fingerprint density at radius 3 is 1.09 bits per heavy atom. The second-order valence-corrected chi connectivity index (χ2v) is 36.5. The van der Waals surface area contributed by atoms with Gasteiger partial charge in [-0.25, -0.2) is 4.57 Å². The van der Waals surface area contributed by atoms with Gasteiger partial charge in [-0.2, -0.15) is 0 Å². The number of esters is 4. The molecule has 0 aromatic carbocycles. The van der Waals surface area contributed by atoms with Gasteiger partial charge in [-0.3, -0.25) is 28.2 Å². The highest BCUT2D eigenvalue weighted by atomic mass is 31.2. The molecule has 1 aliphatic carbocycles. The first-order valence-electron chi connectivity index (χ1n) is 48.2. The van der Waals surface area contributed by atoms with Crippen LogP contribution in [0.25, 0.3) is 0 Å². The summed E-state index contributed by atoms with van der Waals surface area (Å²) in [5.74, 6) is -1.59. The molecule has 2 saturated heterocycles. The van der Waals surface area contributed by atoms with Crippen molar-refractivity contribution in [3.63, 3.8) is 0 Å². The van der Waals surface area contributed by atoms with E-state index < -0.39 is 162 Å². The van der Waals surface area contributed by atoms with Gasteiger partial charge in [0.2, 0.25) is 0 Å². The Morgan fingerprint density at radius 2 is 0.681 bits per heavy atom. The third-order valence-electron chi connectivity index (χ3n) is 24.1. The minimum Gasteiger partial charge on any atom is -0.463 e. The van der Waals surface area contributed by atoms with E-state index in [0.717, 1.165) is 141 Å². The molecule has 0 spiro atoms. The van der Waals surface area contributed by atoms with Crippen LogP contribution in [0.15, 0.2) is 12.2 Å². The van der Waals surface area contributed by atoms with Crippen LogP contribution in [0, 0.1) is 11.8 Å². The first-order chi connectivity index (χ1) is 57.5. The van der Waals surface area contributed by atoms with Crippen molar-refractivity contribution in [2.24, 2.45) is 11.8 Å². The lowest BCUT2D eigenvalue weighted by Crippen LogP contribution is -2.70. The number of hydrogen-bond donors (Lipinski definition) is 10. The summed E-state index contributed by atoms with van der Waals surface area (Å²) in [6.07, 6.45) is 26.3. The maximum absolute atomic E-state index is 14.9. The highest BCUT2D eigenvalue weighted by Crippen LogP contribution is 2.49. The molecule has 26 heteroatoms. The van der Waals surface area contributed by atoms with Gasteiger partial charge in [-0.05, 0) is 63.2 Å². The molecule has 0 amide bonds. The third-order valence-corrected chi connectivity index (χ3v) is 25.0. The highest BCUT2D eigenvalue weighted by Gasteiger charge is 2.60. The second-order valence-electron chi connectivity index (χ2n) is 35.1. The van der Waals surface area contributed by atoms with Crippen LogP contribution in [0.3, 0.4) is 0 Å². The number of allylic oxidation sites excluding steroid dienone is 2. The molecular formula is C93H173O25P. The lowest BCUT2D eigenvalue weighted by molar-refractivity contribution is -0.360. The number of ether oxygens (including phenoxy) is 8. The molecule has 2 aliphatic heterocycles. The molecule has 25 nitrogen and oxygen atoms in total. The zero-order valence-electron chi connectivity index (χ0n) is 75.0. The van der Waals surface area contributed by atoms with E-state index in [9.17, 15) is 74.6 Å². The maximum Gasteiger partial charge on any atom is 0.472 e. The van der Waals surface area contributed by atoms with E-state index in [1.165, 1.54) is 173 Å². The maximum atomic E-state index is 14.9. The Kier molecular flexibility index (Phi) is 65.2. The molecule has 2 heterocycles. The van der Waals surface area contributed by atoms with Crippen LogP contribution in [0.5, 0.6) is 0 Å². The van der Waals surface area contributed by atoms with Crippen molar-refractivity contribution >= 4 is 31.7 Å². The smallest absolute Gasteiger partial charge is 0.463 e. The van der Waals surface area contributed by atoms with Crippen LogP contribution < -0.4 is 0 Å². The predicted molar refractivity (Wildman–Crippen MR) is 462 cm³/mol. The lowest BCUT2D eigenvalue weighted by atomic mass is 9.84. The average Bonchev–Trinajstić information content (AvgIpc) is 0.753. The number of carbonyl (C=O) groups is 4. The molecule has 3 rings (SSSR count). The van der Waals surface area contributed by atoms with Gasteiger partial charge >= 0.3 is 31.7 Å². The van der Waals surface area contributed by atoms with Crippen LogP contribution in [0.1, 0.15) is 414 Å². The highest BCUT2D eigenvalue weighted by molar-refractivity contribution is 7.47. The summed E-state index contributed by atoms with van der Waals surface area (Å²) in [6.45, 7) is 10.3. The first kappa shape index (κ1) is 110. The summed E-state index contributed by atoms with van der Waals surface area (Å²) in [4.78, 5) is 66.6. The minimum absolute atomic E-state index is 0.0150. The van der Waals surface area contributed by atoms with Crippen LogP contribution in [0.2, 0.25) is 0 Å². The molecule has 0 bridgehead atoms. The Balaban J connectivity index is 1.92. The minimum atomic E-state index is -5.81. The number of aliphatic hydroxyl groups excluding tert-OH is 9. The molecule has 1 saturated carbocycles. The van der Waals surface area contributed by atoms with Crippen molar-refractivity contribution in [3.05, 3.63) is 12.2 Å². The van der Waals surface area contributed by atoms with E-state index in [1.807, 2.05) is 0 Å². The molecular weight excluding hydrogens is 1550 g/mol. The van der Waals surface area contributed by atoms with E-state index in [4.69, 9.17) is 46.9 Å². The topological polar surface area (TPSA) is 380 Å². The first-order valence-corrected chi connectivity index (χ1v) is 49.7. The summed E-state index contributed by atoms with van der Waals surface area (Å²) < 4.78 is 73.6. The monoisotopic (exact) mass is 1720 g/mol. The molecule has 0 aromatic heterocycles. The molecule has 0 radical (unpaired) electrons. The van der Waals surface area contributed by atoms with Crippen LogP contribution in [0.4, 0.5) is 0 Å². The average molecular weight is 1720 g/mol. The summed E-state index contributed by atoms with van der Waals surface area (Å²) in [5.41, 5.74) is 0. The van der Waals surface area contributed by atoms with Crippen LogP contribution in [-0.2, 0) is 70.7 Å². The predicted octanol–water partition coefficient (Wildman–Crippen LogP) is 18.0. The largest absolute Gasteiger partial charge is 0.472 e. The normalized spacial score (nSPS) is 25.4. The van der Waals surface area contributed by atoms with Crippen molar-refractivity contribution in [2.75, 3.05) is 26.4 Å². The number of rotatable bonds is 77. The van der Waals surface area contributed by atoms with Crippen LogP contribution in [-0.4, -0.2) is 205 Å². The molecule has 3 fully saturated rings. The molecule has 700 valence electrons. The number of phosphoric acid groups is 1. The molecule has 20 atom stereocenters. The van der Waals surface area contributed by atoms with Gasteiger partial charge in [-0.1, -0.05) is 349 Å². The number of aliphatic hydroxyl groups is 9. The van der Waals surface area contributed by atoms with Crippen LogP contribution >= 0.6 is 7.82 Å². The summed E-state index contributed by atoms with van der Waals surface area (Å²) in [6, 6.07) is 0. The molecule has 0 aromatic rings. The van der Waals surface area contributed by atoms with E-state index in [1.54, 1.807) is 0 Å². The van der Waals surface area contributed by atoms with Gasteiger partial charge in [0.25, 0.3) is 0 Å². The Labute approximate surface area is 718 Å². The Morgan fingerprint density at radius 1 is 0.353 bits per heavy atom. The van der Waals surface area contributed by atoms with Gasteiger partial charge in [-0.15, -0.1) is 0 Å². The zero-order valence-corrected chi connectivity index (χ0v) is 75.9. The number of phosphoric ester groups is 1. The standard InChI is InChI=1S/C93H173O25P/c1-7-11-15-19-23-25-27-29-30-32-34-36-38-50-58-66-79(98)115-88-84(103)85(104)89(116-92-86(105)82(101)80(99)74(67-94)113-92)91(90(88)117-93-87(106)83(102)81(100)75(114-93)70-110-77(96)64-56-48-42-40-46-54-62-72(6)60-52-44-22-18-14-10-4)118-119(107,108)111-69-73(112-78(97)65-57-49-37-35-33-31-28-26-24-20-16-12-8-2)68-109-76(95)63-55-47-41-39-45-53-61-71(5)59-51-43-21-17-13-9-3/h25,27,71-75,80-94,99-106H,7-24,26,28-70H2,1-6H3,(H,107,108)/b27-25-. The van der Waals surface area contributed by atoms with Gasteiger partial charge in [0.05, 0.1) is 13.2 Å². The molecule has 3 aliphatic rings. The lowest BCUT2D eigenvalue weighted by Gasteiger charge is -2.50. The van der Waals surface area contributed by atoms with E-state index >= 15 is 0 Å². The number of carbonyl (C=O) groups excluding carboxylic acids is 4. The number of unbranched alkanes of at least 4 members (excludes halogenated alkanes) is 43. The Bertz CT molecular complexity index is 2550. The SMILES string of the molecule is CCCCCC/C=C\CCCCCCCCCC(=O)OC1C(O)C(O)C(OC2OC(CO)C(O)C(O)C2O)C(OP(=O)(O)OCC(COC(=O)CCCCCCCCC(C)CCCCCCCC)OC(=O)CCCCCCCCCCCCCCC)C1OC1OC(COC(=O)CCCCCCCCC(C)CCCCCCCC)C(O)C(O)C1O. The van der Waals surface area contributed by atoms with Gasteiger partial charge in [0.15, 0.2) is 24.8 Å². The summed E-state index contributed by atoms with van der Waals surface area (Å²) in [7, 11) is -5.81. The van der Waals surface area contributed by atoms with Crippen molar-refractivity contribution in [1.29, 1.82) is 0 Å². The third kappa shape index (κ3) is 51.0. The van der Waals surface area contributed by atoms with E-state index in [0.29, 0.717) is 43.9 Å². The molecule has 119 heavy (non-hydrogen) atoms.